The molecule has 0 bridgehead atoms. The molecule has 2 aromatic heterocycles. The summed E-state index contributed by atoms with van der Waals surface area (Å²) in [5.74, 6) is -1.05. The molecule has 0 aliphatic carbocycles. The van der Waals surface area contributed by atoms with E-state index < -0.39 is 23.4 Å². The van der Waals surface area contributed by atoms with Gasteiger partial charge in [0.15, 0.2) is 5.69 Å². The zero-order valence-electron chi connectivity index (χ0n) is 16.3. The maximum Gasteiger partial charge on any atom is 0.412 e. The molecule has 0 spiro atoms. The number of hydrogen-bond acceptors (Lipinski definition) is 6. The monoisotopic (exact) mass is 417 g/mol. The van der Waals surface area contributed by atoms with Gasteiger partial charge < -0.3 is 10.1 Å². The predicted molar refractivity (Wildman–Crippen MR) is 109 cm³/mol. The van der Waals surface area contributed by atoms with Gasteiger partial charge in [-0.3, -0.25) is 14.8 Å². The number of amides is 2. The molecule has 152 valence electrons. The van der Waals surface area contributed by atoms with E-state index in [-0.39, 0.29) is 21.3 Å². The van der Waals surface area contributed by atoms with Crippen LogP contribution in [0.25, 0.3) is 10.6 Å². The largest absolute Gasteiger partial charge is 0.444 e. The molecule has 2 heterocycles. The summed E-state index contributed by atoms with van der Waals surface area (Å²) in [6.07, 6.45) is 2.35. The highest BCUT2D eigenvalue weighted by molar-refractivity contribution is 7.19. The van der Waals surface area contributed by atoms with Gasteiger partial charge in [0.05, 0.1) is 11.9 Å². The second-order valence-corrected chi connectivity index (χ2v) is 8.16. The lowest BCUT2D eigenvalue weighted by atomic mass is 10.2. The van der Waals surface area contributed by atoms with E-state index in [0.29, 0.717) is 5.69 Å². The Morgan fingerprint density at radius 1 is 1.21 bits per heavy atom. The maximum absolute atomic E-state index is 14.2. The summed E-state index contributed by atoms with van der Waals surface area (Å²) in [6.45, 7) is 5.17. The molecule has 0 saturated heterocycles. The van der Waals surface area contributed by atoms with Crippen LogP contribution in [0.3, 0.4) is 0 Å². The van der Waals surface area contributed by atoms with Crippen LogP contribution in [0.15, 0.2) is 36.7 Å². The number of halogens is 1. The van der Waals surface area contributed by atoms with E-state index in [1.54, 1.807) is 52.2 Å². The van der Waals surface area contributed by atoms with Crippen molar-refractivity contribution in [2.24, 2.45) is 7.05 Å². The Hall–Kier alpha value is -3.27. The number of thiazole rings is 1. The van der Waals surface area contributed by atoms with Gasteiger partial charge in [-0.25, -0.2) is 14.2 Å². The van der Waals surface area contributed by atoms with E-state index in [0.717, 1.165) is 11.3 Å². The summed E-state index contributed by atoms with van der Waals surface area (Å²) in [4.78, 5) is 29.2. The first-order chi connectivity index (χ1) is 13.6. The molecule has 3 aromatic rings. The smallest absolute Gasteiger partial charge is 0.412 e. The lowest BCUT2D eigenvalue weighted by Crippen LogP contribution is -2.27. The Labute approximate surface area is 170 Å². The Balaban J connectivity index is 1.94. The molecule has 29 heavy (non-hydrogen) atoms. The molecule has 0 unspecified atom stereocenters. The molecular weight excluding hydrogens is 397 g/mol. The normalized spacial score (nSPS) is 11.2. The van der Waals surface area contributed by atoms with Crippen LogP contribution >= 0.6 is 11.3 Å². The number of carbonyl (C=O) groups excluding carboxylic acids is 2. The Morgan fingerprint density at radius 3 is 2.55 bits per heavy atom. The molecule has 0 aliphatic heterocycles. The summed E-state index contributed by atoms with van der Waals surface area (Å²) in [7, 11) is 1.71. The summed E-state index contributed by atoms with van der Waals surface area (Å²) >= 11 is 0.980. The minimum Gasteiger partial charge on any atom is -0.444 e. The fourth-order valence-electron chi connectivity index (χ4n) is 2.38. The van der Waals surface area contributed by atoms with Crippen LogP contribution in [0.5, 0.6) is 0 Å². The Kier molecular flexibility index (Phi) is 5.64. The molecule has 1 aromatic carbocycles. The van der Waals surface area contributed by atoms with Gasteiger partial charge in [-0.1, -0.05) is 23.5 Å². The van der Waals surface area contributed by atoms with Crippen molar-refractivity contribution >= 4 is 34.0 Å². The van der Waals surface area contributed by atoms with Gasteiger partial charge >= 0.3 is 6.09 Å². The second-order valence-electron chi connectivity index (χ2n) is 7.16. The van der Waals surface area contributed by atoms with Crippen LogP contribution < -0.4 is 10.6 Å². The van der Waals surface area contributed by atoms with Gasteiger partial charge in [-0.2, -0.15) is 5.10 Å². The number of ether oxygens (including phenoxy) is 1. The molecule has 2 amide bonds. The van der Waals surface area contributed by atoms with Crippen molar-refractivity contribution in [2.75, 3.05) is 10.6 Å². The number of aromatic nitrogens is 3. The Morgan fingerprint density at radius 2 is 1.93 bits per heavy atom. The number of benzene rings is 1. The molecule has 2 N–H and O–H groups in total. The van der Waals surface area contributed by atoms with E-state index in [4.69, 9.17) is 4.74 Å². The molecule has 0 radical (unpaired) electrons. The number of hydrogen-bond donors (Lipinski definition) is 2. The van der Waals surface area contributed by atoms with Gasteiger partial charge in [-0.15, -0.1) is 0 Å². The molecule has 3 rings (SSSR count). The fourth-order valence-corrected chi connectivity index (χ4v) is 3.36. The fraction of sp³-hybridized carbons (Fsp3) is 0.263. The molecule has 0 atom stereocenters. The van der Waals surface area contributed by atoms with Gasteiger partial charge in [0.2, 0.25) is 0 Å². The molecule has 8 nitrogen and oxygen atoms in total. The van der Waals surface area contributed by atoms with E-state index in [1.165, 1.54) is 16.9 Å². The van der Waals surface area contributed by atoms with Crippen LogP contribution in [-0.4, -0.2) is 32.4 Å². The third kappa shape index (κ3) is 5.17. The topological polar surface area (TPSA) is 98.1 Å². The summed E-state index contributed by atoms with van der Waals surface area (Å²) in [6, 6.07) is 6.07. The first kappa shape index (κ1) is 20.5. The number of carbonyl (C=O) groups is 2. The third-order valence-corrected chi connectivity index (χ3v) is 4.53. The average molecular weight is 417 g/mol. The first-order valence-electron chi connectivity index (χ1n) is 8.68. The molecule has 0 aliphatic rings. The summed E-state index contributed by atoms with van der Waals surface area (Å²) < 4.78 is 21.0. The van der Waals surface area contributed by atoms with Crippen molar-refractivity contribution in [3.63, 3.8) is 0 Å². The Bertz CT molecular complexity index is 1050. The second kappa shape index (κ2) is 8.00. The maximum atomic E-state index is 14.2. The van der Waals surface area contributed by atoms with Crippen molar-refractivity contribution in [1.82, 2.24) is 14.8 Å². The van der Waals surface area contributed by atoms with E-state index in [2.05, 4.69) is 20.7 Å². The number of rotatable bonds is 4. The van der Waals surface area contributed by atoms with Gasteiger partial charge in [0, 0.05) is 18.8 Å². The number of aryl methyl sites for hydroxylation is 1. The number of nitrogens with zero attached hydrogens (tertiary/aromatic N) is 3. The van der Waals surface area contributed by atoms with Crippen LogP contribution in [-0.2, 0) is 11.8 Å². The quantitative estimate of drug-likeness (QED) is 0.660. The highest BCUT2D eigenvalue weighted by Gasteiger charge is 2.24. The highest BCUT2D eigenvalue weighted by atomic mass is 32.1. The minimum atomic E-state index is -0.739. The van der Waals surface area contributed by atoms with E-state index in [1.807, 2.05) is 0 Å². The standard InChI is InChI=1S/C19H20FN5O3S/c1-19(2,3)28-18(27)24-17-14(15(26)22-11-9-21-25(4)10-11)23-16(29-17)12-7-5-6-8-13(12)20/h5-10H,1-4H3,(H,22,26)(H,24,27). The molecule has 0 saturated carbocycles. The van der Waals surface area contributed by atoms with Crippen LogP contribution in [0.4, 0.5) is 19.9 Å². The molecule has 10 heteroatoms. The van der Waals surface area contributed by atoms with E-state index in [9.17, 15) is 14.0 Å². The number of anilines is 2. The van der Waals surface area contributed by atoms with Gasteiger partial charge in [-0.05, 0) is 32.9 Å². The zero-order valence-corrected chi connectivity index (χ0v) is 17.1. The first-order valence-corrected chi connectivity index (χ1v) is 9.50. The van der Waals surface area contributed by atoms with Crippen molar-refractivity contribution in [2.45, 2.75) is 26.4 Å². The van der Waals surface area contributed by atoms with Gasteiger partial charge in [0.1, 0.15) is 21.4 Å². The summed E-state index contributed by atoms with van der Waals surface area (Å²) in [5, 5.41) is 9.59. The zero-order chi connectivity index (χ0) is 21.2. The lowest BCUT2D eigenvalue weighted by molar-refractivity contribution is 0.0636. The van der Waals surface area contributed by atoms with Crippen molar-refractivity contribution in [3.05, 3.63) is 48.2 Å². The summed E-state index contributed by atoms with van der Waals surface area (Å²) in [5.41, 5.74) is -0.0874. The van der Waals surface area contributed by atoms with Crippen molar-refractivity contribution in [1.29, 1.82) is 0 Å². The SMILES string of the molecule is Cn1cc(NC(=O)c2nc(-c3ccccc3F)sc2NC(=O)OC(C)(C)C)cn1. The van der Waals surface area contributed by atoms with Crippen molar-refractivity contribution in [3.8, 4) is 10.6 Å². The lowest BCUT2D eigenvalue weighted by Gasteiger charge is -2.19. The van der Waals surface area contributed by atoms with E-state index >= 15 is 0 Å². The molecule has 0 fully saturated rings. The van der Waals surface area contributed by atoms with Crippen LogP contribution in [0.2, 0.25) is 0 Å². The minimum absolute atomic E-state index is 0.0528. The van der Waals surface area contributed by atoms with Crippen molar-refractivity contribution < 1.29 is 18.7 Å². The van der Waals surface area contributed by atoms with Crippen LogP contribution in [0, 0.1) is 5.82 Å². The number of nitrogens with one attached hydrogen (secondary N) is 2. The predicted octanol–water partition coefficient (Wildman–Crippen LogP) is 4.28. The third-order valence-electron chi connectivity index (χ3n) is 3.52. The van der Waals surface area contributed by atoms with Crippen LogP contribution in [0.1, 0.15) is 31.3 Å². The highest BCUT2D eigenvalue weighted by Crippen LogP contribution is 2.34. The average Bonchev–Trinajstić information content (AvgIpc) is 3.20. The van der Waals surface area contributed by atoms with Gasteiger partial charge in [0.25, 0.3) is 5.91 Å². The molecular formula is C19H20FN5O3S.